The summed E-state index contributed by atoms with van der Waals surface area (Å²) in [5.74, 6) is 0.0799. The maximum Gasteiger partial charge on any atom is 0.224 e. The molecular weight excluding hydrogens is 304 g/mol. The van der Waals surface area contributed by atoms with E-state index in [0.29, 0.717) is 32.7 Å². The Hall–Kier alpha value is -2.18. The third-order valence-corrected chi connectivity index (χ3v) is 4.27. The van der Waals surface area contributed by atoms with Gasteiger partial charge in [-0.1, -0.05) is 30.3 Å². The van der Waals surface area contributed by atoms with E-state index in [1.54, 1.807) is 0 Å². The zero-order chi connectivity index (χ0) is 16.9. The lowest BCUT2D eigenvalue weighted by atomic mass is 10.0. The van der Waals surface area contributed by atoms with Crippen molar-refractivity contribution in [3.8, 4) is 0 Å². The van der Waals surface area contributed by atoms with E-state index in [2.05, 4.69) is 5.10 Å². The molecule has 1 aromatic carbocycles. The lowest BCUT2D eigenvalue weighted by Crippen LogP contribution is -2.47. The molecule has 1 amide bonds. The number of benzene rings is 1. The zero-order valence-corrected chi connectivity index (χ0v) is 14.0. The van der Waals surface area contributed by atoms with Crippen molar-refractivity contribution < 1.29 is 9.53 Å². The molecular formula is C18H24N4O2. The smallest absolute Gasteiger partial charge is 0.224 e. The highest BCUT2D eigenvalue weighted by atomic mass is 16.5. The van der Waals surface area contributed by atoms with Crippen LogP contribution in [0.1, 0.15) is 23.6 Å². The first-order valence-corrected chi connectivity index (χ1v) is 8.31. The van der Waals surface area contributed by atoms with E-state index in [9.17, 15) is 4.79 Å². The molecule has 2 N–H and O–H groups in total. The summed E-state index contributed by atoms with van der Waals surface area (Å²) in [6, 6.07) is 9.48. The molecule has 1 saturated heterocycles. The van der Waals surface area contributed by atoms with Crippen LogP contribution in [0.4, 0.5) is 0 Å². The first kappa shape index (κ1) is 16.7. The van der Waals surface area contributed by atoms with Crippen molar-refractivity contribution in [1.29, 1.82) is 0 Å². The highest BCUT2D eigenvalue weighted by molar-refractivity contribution is 5.77. The van der Waals surface area contributed by atoms with E-state index < -0.39 is 0 Å². The van der Waals surface area contributed by atoms with Crippen LogP contribution in [0.2, 0.25) is 0 Å². The number of hydrogen-bond donors (Lipinski definition) is 1. The average molecular weight is 328 g/mol. The van der Waals surface area contributed by atoms with Crippen LogP contribution in [0.5, 0.6) is 0 Å². The van der Waals surface area contributed by atoms with Crippen LogP contribution in [0.15, 0.2) is 42.7 Å². The third kappa shape index (κ3) is 4.21. The lowest BCUT2D eigenvalue weighted by Gasteiger charge is -2.33. The Kier molecular flexibility index (Phi) is 5.27. The minimum absolute atomic E-state index is 0.0325. The van der Waals surface area contributed by atoms with Gasteiger partial charge >= 0.3 is 0 Å². The second-order valence-electron chi connectivity index (χ2n) is 6.29. The molecule has 24 heavy (non-hydrogen) atoms. The minimum atomic E-state index is -0.270. The fourth-order valence-electron chi connectivity index (χ4n) is 2.97. The standard InChI is InChI=1S/C18H24N4O2/c1-14-10-20-22(11-14)13-16-12-21(7-8-24-16)18(23)9-17(19)15-5-3-2-4-6-15/h2-6,10-11,16-17H,7-9,12-13,19H2,1H3. The van der Waals surface area contributed by atoms with Crippen molar-refractivity contribution in [2.75, 3.05) is 19.7 Å². The maximum atomic E-state index is 12.6. The van der Waals surface area contributed by atoms with E-state index >= 15 is 0 Å². The molecule has 0 bridgehead atoms. The Morgan fingerprint density at radius 1 is 1.42 bits per heavy atom. The van der Waals surface area contributed by atoms with Crippen LogP contribution in [0.25, 0.3) is 0 Å². The molecule has 2 atom stereocenters. The highest BCUT2D eigenvalue weighted by Crippen LogP contribution is 2.16. The van der Waals surface area contributed by atoms with Crippen molar-refractivity contribution in [3.63, 3.8) is 0 Å². The monoisotopic (exact) mass is 328 g/mol. The topological polar surface area (TPSA) is 73.4 Å². The first-order chi connectivity index (χ1) is 11.6. The molecule has 2 heterocycles. The normalized spacial score (nSPS) is 19.2. The van der Waals surface area contributed by atoms with Gasteiger partial charge in [0.25, 0.3) is 0 Å². The number of hydrogen-bond acceptors (Lipinski definition) is 4. The quantitative estimate of drug-likeness (QED) is 0.903. The molecule has 0 radical (unpaired) electrons. The number of amides is 1. The molecule has 0 aliphatic carbocycles. The Bertz CT molecular complexity index is 671. The van der Waals surface area contributed by atoms with Gasteiger partial charge in [0, 0.05) is 31.7 Å². The van der Waals surface area contributed by atoms with Crippen LogP contribution in [0.3, 0.4) is 0 Å². The number of morpholine rings is 1. The second kappa shape index (κ2) is 7.59. The highest BCUT2D eigenvalue weighted by Gasteiger charge is 2.26. The molecule has 1 aliphatic rings. The van der Waals surface area contributed by atoms with Gasteiger partial charge in [0.1, 0.15) is 0 Å². The predicted molar refractivity (Wildman–Crippen MR) is 91.3 cm³/mol. The summed E-state index contributed by atoms with van der Waals surface area (Å²) in [6.45, 7) is 4.42. The largest absolute Gasteiger partial charge is 0.373 e. The number of rotatable bonds is 5. The van der Waals surface area contributed by atoms with Gasteiger partial charge in [-0.05, 0) is 18.1 Å². The molecule has 6 heteroatoms. The van der Waals surface area contributed by atoms with Crippen LogP contribution in [-0.2, 0) is 16.1 Å². The molecule has 1 aromatic heterocycles. The molecule has 1 fully saturated rings. The molecule has 128 valence electrons. The van der Waals surface area contributed by atoms with E-state index in [-0.39, 0.29) is 18.1 Å². The van der Waals surface area contributed by atoms with Gasteiger partial charge in [-0.15, -0.1) is 0 Å². The summed E-state index contributed by atoms with van der Waals surface area (Å²) in [4.78, 5) is 14.4. The van der Waals surface area contributed by atoms with Crippen molar-refractivity contribution >= 4 is 5.91 Å². The fraction of sp³-hybridized carbons (Fsp3) is 0.444. The number of aromatic nitrogens is 2. The Morgan fingerprint density at radius 3 is 2.92 bits per heavy atom. The number of nitrogens with two attached hydrogens (primary N) is 1. The number of ether oxygens (including phenoxy) is 1. The van der Waals surface area contributed by atoms with Crippen LogP contribution >= 0.6 is 0 Å². The first-order valence-electron chi connectivity index (χ1n) is 8.31. The number of carbonyl (C=O) groups excluding carboxylic acids is 1. The van der Waals surface area contributed by atoms with Crippen molar-refractivity contribution in [3.05, 3.63) is 53.9 Å². The Morgan fingerprint density at radius 2 is 2.21 bits per heavy atom. The summed E-state index contributed by atoms with van der Waals surface area (Å²) in [5, 5.41) is 4.28. The molecule has 0 saturated carbocycles. The number of nitrogens with zero attached hydrogens (tertiary/aromatic N) is 3. The van der Waals surface area contributed by atoms with Crippen LogP contribution in [0, 0.1) is 6.92 Å². The minimum Gasteiger partial charge on any atom is -0.373 e. The van der Waals surface area contributed by atoms with Gasteiger partial charge in [-0.3, -0.25) is 9.48 Å². The zero-order valence-electron chi connectivity index (χ0n) is 14.0. The molecule has 2 aromatic rings. The van der Waals surface area contributed by atoms with Crippen molar-refractivity contribution in [1.82, 2.24) is 14.7 Å². The molecule has 6 nitrogen and oxygen atoms in total. The Balaban J connectivity index is 1.55. The number of aryl methyl sites for hydroxylation is 1. The summed E-state index contributed by atoms with van der Waals surface area (Å²) in [5.41, 5.74) is 8.28. The predicted octanol–water partition coefficient (Wildman–Crippen LogP) is 1.51. The van der Waals surface area contributed by atoms with E-state index in [1.807, 2.05) is 59.2 Å². The summed E-state index contributed by atoms with van der Waals surface area (Å²) < 4.78 is 7.64. The number of carbonyl (C=O) groups is 1. The molecule has 2 unspecified atom stereocenters. The fourth-order valence-corrected chi connectivity index (χ4v) is 2.97. The molecule has 1 aliphatic heterocycles. The maximum absolute atomic E-state index is 12.6. The van der Waals surface area contributed by atoms with Gasteiger partial charge in [-0.2, -0.15) is 5.10 Å². The molecule has 3 rings (SSSR count). The summed E-state index contributed by atoms with van der Waals surface area (Å²) in [7, 11) is 0. The summed E-state index contributed by atoms with van der Waals surface area (Å²) in [6.07, 6.45) is 4.09. The summed E-state index contributed by atoms with van der Waals surface area (Å²) >= 11 is 0. The lowest BCUT2D eigenvalue weighted by molar-refractivity contribution is -0.139. The Labute approximate surface area is 142 Å². The van der Waals surface area contributed by atoms with Crippen molar-refractivity contribution in [2.45, 2.75) is 32.0 Å². The second-order valence-corrected chi connectivity index (χ2v) is 6.29. The average Bonchev–Trinajstić information content (AvgIpc) is 3.00. The van der Waals surface area contributed by atoms with E-state index in [4.69, 9.17) is 10.5 Å². The SMILES string of the molecule is Cc1cnn(CC2CN(C(=O)CC(N)c3ccccc3)CCO2)c1. The van der Waals surface area contributed by atoms with E-state index in [1.165, 1.54) is 0 Å². The van der Waals surface area contributed by atoms with Gasteiger partial charge in [0.05, 0.1) is 25.5 Å². The van der Waals surface area contributed by atoms with Gasteiger partial charge in [0.2, 0.25) is 5.91 Å². The van der Waals surface area contributed by atoms with Crippen molar-refractivity contribution in [2.24, 2.45) is 5.73 Å². The van der Waals surface area contributed by atoms with Crippen LogP contribution in [-0.4, -0.2) is 46.4 Å². The van der Waals surface area contributed by atoms with Gasteiger partial charge < -0.3 is 15.4 Å². The van der Waals surface area contributed by atoms with Crippen LogP contribution < -0.4 is 5.73 Å². The van der Waals surface area contributed by atoms with Gasteiger partial charge in [0.15, 0.2) is 0 Å². The molecule has 0 spiro atoms. The van der Waals surface area contributed by atoms with Gasteiger partial charge in [-0.25, -0.2) is 0 Å². The van der Waals surface area contributed by atoms with E-state index in [0.717, 1.165) is 11.1 Å². The third-order valence-electron chi connectivity index (χ3n) is 4.27.